The van der Waals surface area contributed by atoms with Crippen LogP contribution < -0.4 is 4.74 Å². The van der Waals surface area contributed by atoms with Gasteiger partial charge in [-0.3, -0.25) is 4.79 Å². The third kappa shape index (κ3) is 3.05. The number of hydrogen-bond donors (Lipinski definition) is 0. The van der Waals surface area contributed by atoms with Gasteiger partial charge in [0, 0.05) is 0 Å². The zero-order valence-corrected chi connectivity index (χ0v) is 11.5. The lowest BCUT2D eigenvalue weighted by Gasteiger charge is -2.12. The van der Waals surface area contributed by atoms with E-state index >= 15 is 0 Å². The molecule has 100 valence electrons. The molecule has 0 aliphatic carbocycles. The number of benzene rings is 2. The summed E-state index contributed by atoms with van der Waals surface area (Å²) in [5.74, 6) is 0.823. The summed E-state index contributed by atoms with van der Waals surface area (Å²) in [5, 5.41) is 2.28. The normalized spacial score (nSPS) is 12.2. The highest BCUT2D eigenvalue weighted by Gasteiger charge is 2.11. The zero-order chi connectivity index (χ0) is 13.8. The van der Waals surface area contributed by atoms with E-state index in [0.717, 1.165) is 22.1 Å². The van der Waals surface area contributed by atoms with Crippen molar-refractivity contribution in [2.75, 3.05) is 14.2 Å². The summed E-state index contributed by atoms with van der Waals surface area (Å²) >= 11 is 0. The van der Waals surface area contributed by atoms with E-state index in [2.05, 4.69) is 18.2 Å². The highest BCUT2D eigenvalue weighted by molar-refractivity contribution is 5.84. The van der Waals surface area contributed by atoms with Gasteiger partial charge in [-0.1, -0.05) is 31.2 Å². The number of carbonyl (C=O) groups is 1. The molecule has 3 nitrogen and oxygen atoms in total. The highest BCUT2D eigenvalue weighted by Crippen LogP contribution is 2.26. The van der Waals surface area contributed by atoms with Crippen molar-refractivity contribution in [2.24, 2.45) is 0 Å². The van der Waals surface area contributed by atoms with Crippen LogP contribution in [0.1, 0.15) is 24.8 Å². The third-order valence-corrected chi connectivity index (χ3v) is 3.34. The number of fused-ring (bicyclic) bond motifs is 1. The average molecular weight is 258 g/mol. The van der Waals surface area contributed by atoms with E-state index in [1.807, 2.05) is 25.1 Å². The maximum absolute atomic E-state index is 11.3. The van der Waals surface area contributed by atoms with Crippen molar-refractivity contribution >= 4 is 16.7 Å². The van der Waals surface area contributed by atoms with Crippen molar-refractivity contribution in [3.05, 3.63) is 42.0 Å². The van der Waals surface area contributed by atoms with Crippen molar-refractivity contribution in [1.82, 2.24) is 0 Å². The number of methoxy groups -OCH3 is 2. The summed E-state index contributed by atoms with van der Waals surface area (Å²) < 4.78 is 9.91. The second-order valence-corrected chi connectivity index (χ2v) is 4.65. The van der Waals surface area contributed by atoms with E-state index in [9.17, 15) is 4.79 Å². The maximum atomic E-state index is 11.3. The molecule has 0 saturated carbocycles. The average Bonchev–Trinajstić information content (AvgIpc) is 2.45. The maximum Gasteiger partial charge on any atom is 0.306 e. The van der Waals surface area contributed by atoms with Crippen LogP contribution in [0.3, 0.4) is 0 Å². The lowest BCUT2D eigenvalue weighted by Crippen LogP contribution is -2.05. The van der Waals surface area contributed by atoms with Crippen molar-refractivity contribution in [3.8, 4) is 5.75 Å². The summed E-state index contributed by atoms with van der Waals surface area (Å²) in [7, 11) is 3.08. The van der Waals surface area contributed by atoms with Crippen LogP contribution in [0.4, 0.5) is 0 Å². The number of carbonyl (C=O) groups excluding carboxylic acids is 1. The smallest absolute Gasteiger partial charge is 0.306 e. The molecule has 0 N–H and O–H groups in total. The topological polar surface area (TPSA) is 35.5 Å². The first kappa shape index (κ1) is 13.4. The Hall–Kier alpha value is -2.03. The standard InChI is InChI=1S/C16H18O3/c1-11(8-16(17)19-3)12-4-5-14-10-15(18-2)7-6-13(14)9-12/h4-7,9-11H,8H2,1-3H3. The van der Waals surface area contributed by atoms with E-state index in [1.165, 1.54) is 7.11 Å². The predicted molar refractivity (Wildman–Crippen MR) is 75.5 cm³/mol. The Morgan fingerprint density at radius 1 is 1.11 bits per heavy atom. The number of ether oxygens (including phenoxy) is 2. The van der Waals surface area contributed by atoms with Crippen LogP contribution in [-0.4, -0.2) is 20.2 Å². The van der Waals surface area contributed by atoms with Crippen LogP contribution >= 0.6 is 0 Å². The summed E-state index contributed by atoms with van der Waals surface area (Å²) in [6.45, 7) is 2.03. The lowest BCUT2D eigenvalue weighted by atomic mass is 9.95. The first-order valence-corrected chi connectivity index (χ1v) is 6.28. The van der Waals surface area contributed by atoms with Gasteiger partial charge in [-0.15, -0.1) is 0 Å². The quantitative estimate of drug-likeness (QED) is 0.787. The molecule has 3 heteroatoms. The predicted octanol–water partition coefficient (Wildman–Crippen LogP) is 3.52. The number of hydrogen-bond acceptors (Lipinski definition) is 3. The second kappa shape index (κ2) is 5.74. The molecule has 0 fully saturated rings. The minimum atomic E-state index is -0.178. The van der Waals surface area contributed by atoms with E-state index < -0.39 is 0 Å². The fraction of sp³-hybridized carbons (Fsp3) is 0.312. The number of esters is 1. The van der Waals surface area contributed by atoms with Gasteiger partial charge >= 0.3 is 5.97 Å². The van der Waals surface area contributed by atoms with E-state index in [0.29, 0.717) is 6.42 Å². The molecule has 0 spiro atoms. The lowest BCUT2D eigenvalue weighted by molar-refractivity contribution is -0.140. The molecule has 19 heavy (non-hydrogen) atoms. The molecular weight excluding hydrogens is 240 g/mol. The summed E-state index contributed by atoms with van der Waals surface area (Å²) in [4.78, 5) is 11.3. The van der Waals surface area contributed by atoms with Crippen molar-refractivity contribution in [3.63, 3.8) is 0 Å². The molecule has 0 aliphatic rings. The van der Waals surface area contributed by atoms with Crippen LogP contribution in [0.15, 0.2) is 36.4 Å². The molecule has 0 saturated heterocycles. The fourth-order valence-electron chi connectivity index (χ4n) is 2.13. The zero-order valence-electron chi connectivity index (χ0n) is 11.5. The Labute approximate surface area is 113 Å². The third-order valence-electron chi connectivity index (χ3n) is 3.34. The van der Waals surface area contributed by atoms with Gasteiger partial charge in [-0.05, 0) is 34.4 Å². The minimum absolute atomic E-state index is 0.152. The molecule has 2 aromatic carbocycles. The first-order valence-electron chi connectivity index (χ1n) is 6.28. The molecule has 2 aromatic rings. The molecule has 0 radical (unpaired) electrons. The Kier molecular flexibility index (Phi) is 4.05. The van der Waals surface area contributed by atoms with Crippen molar-refractivity contribution < 1.29 is 14.3 Å². The van der Waals surface area contributed by atoms with Crippen molar-refractivity contribution in [2.45, 2.75) is 19.3 Å². The van der Waals surface area contributed by atoms with Crippen LogP contribution in [0.2, 0.25) is 0 Å². The molecular formula is C16H18O3. The van der Waals surface area contributed by atoms with Crippen LogP contribution in [0, 0.1) is 0 Å². The van der Waals surface area contributed by atoms with Gasteiger partial charge in [0.05, 0.1) is 20.6 Å². The first-order chi connectivity index (χ1) is 9.13. The Morgan fingerprint density at radius 3 is 2.47 bits per heavy atom. The number of rotatable bonds is 4. The molecule has 0 amide bonds. The van der Waals surface area contributed by atoms with E-state index in [-0.39, 0.29) is 11.9 Å². The van der Waals surface area contributed by atoms with Gasteiger partial charge < -0.3 is 9.47 Å². The largest absolute Gasteiger partial charge is 0.497 e. The summed E-state index contributed by atoms with van der Waals surface area (Å²) in [6, 6.07) is 12.2. The Bertz CT molecular complexity index is 590. The molecule has 0 heterocycles. The fourth-order valence-corrected chi connectivity index (χ4v) is 2.13. The van der Waals surface area contributed by atoms with Crippen LogP contribution in [0.5, 0.6) is 5.75 Å². The van der Waals surface area contributed by atoms with Gasteiger partial charge in [0.2, 0.25) is 0 Å². The molecule has 0 aliphatic heterocycles. The summed E-state index contributed by atoms with van der Waals surface area (Å²) in [6.07, 6.45) is 0.401. The monoisotopic (exact) mass is 258 g/mol. The summed E-state index contributed by atoms with van der Waals surface area (Å²) in [5.41, 5.74) is 1.14. The van der Waals surface area contributed by atoms with E-state index in [1.54, 1.807) is 7.11 Å². The molecule has 1 unspecified atom stereocenters. The highest BCUT2D eigenvalue weighted by atomic mass is 16.5. The molecule has 1 atom stereocenters. The second-order valence-electron chi connectivity index (χ2n) is 4.65. The van der Waals surface area contributed by atoms with Gasteiger partial charge in [-0.25, -0.2) is 0 Å². The minimum Gasteiger partial charge on any atom is -0.497 e. The van der Waals surface area contributed by atoms with Gasteiger partial charge in [-0.2, -0.15) is 0 Å². The van der Waals surface area contributed by atoms with Crippen LogP contribution in [0.25, 0.3) is 10.8 Å². The molecule has 0 aromatic heterocycles. The molecule has 2 rings (SSSR count). The Balaban J connectivity index is 2.28. The van der Waals surface area contributed by atoms with Gasteiger partial charge in [0.25, 0.3) is 0 Å². The molecule has 0 bridgehead atoms. The van der Waals surface area contributed by atoms with Crippen molar-refractivity contribution in [1.29, 1.82) is 0 Å². The van der Waals surface area contributed by atoms with Gasteiger partial charge in [0.1, 0.15) is 5.75 Å². The van der Waals surface area contributed by atoms with Gasteiger partial charge in [0.15, 0.2) is 0 Å². The van der Waals surface area contributed by atoms with Crippen LogP contribution in [-0.2, 0) is 9.53 Å². The Morgan fingerprint density at radius 2 is 1.79 bits per heavy atom. The SMILES string of the molecule is COC(=O)CC(C)c1ccc2cc(OC)ccc2c1. The van der Waals surface area contributed by atoms with E-state index in [4.69, 9.17) is 9.47 Å².